The van der Waals surface area contributed by atoms with Crippen LogP contribution in [-0.2, 0) is 15.7 Å². The first-order valence-electron chi connectivity index (χ1n) is 10.3. The molecule has 0 fully saturated rings. The maximum absolute atomic E-state index is 12.1. The van der Waals surface area contributed by atoms with Gasteiger partial charge in [-0.05, 0) is 43.9 Å². The molecular weight excluding hydrogens is 377 g/mol. The number of nitrogens with one attached hydrogen (secondary N) is 1. The van der Waals surface area contributed by atoms with Gasteiger partial charge in [-0.1, -0.05) is 51.7 Å². The number of unbranched alkanes of at least 4 members (excludes halogenated alkanes) is 4. The Morgan fingerprint density at radius 1 is 1.11 bits per heavy atom. The number of amides is 1. The van der Waals surface area contributed by atoms with E-state index in [1.54, 1.807) is 12.1 Å². The highest BCUT2D eigenvalue weighted by Gasteiger charge is 2.18. The molecule has 0 aromatic heterocycles. The number of carbonyl (C=O) groups is 1. The van der Waals surface area contributed by atoms with Crippen LogP contribution in [0.4, 0.5) is 4.79 Å². The van der Waals surface area contributed by atoms with Gasteiger partial charge in [0, 0.05) is 12.2 Å². The van der Waals surface area contributed by atoms with E-state index in [0.29, 0.717) is 24.9 Å². The van der Waals surface area contributed by atoms with Crippen LogP contribution in [0.15, 0.2) is 24.3 Å². The molecule has 0 aliphatic heterocycles. The topological polar surface area (TPSA) is 84.9 Å². The van der Waals surface area contributed by atoms with E-state index in [2.05, 4.69) is 12.2 Å². The predicted octanol–water partition coefficient (Wildman–Crippen LogP) is 5.33. The minimum Gasteiger partial charge on any atom is -0.484 e. The van der Waals surface area contributed by atoms with Crippen LogP contribution in [-0.4, -0.2) is 36.1 Å². The number of rotatable bonds is 14. The Morgan fingerprint density at radius 3 is 2.43 bits per heavy atom. The Balaban J connectivity index is 2.36. The fraction of sp³-hybridized carbons (Fsp3) is 0.667. The third kappa shape index (κ3) is 11.4. The largest absolute Gasteiger partial charge is 0.484 e. The molecule has 0 spiro atoms. The quantitative estimate of drug-likeness (QED) is 0.318. The molecule has 1 aromatic rings. The lowest BCUT2D eigenvalue weighted by molar-refractivity contribution is 0.141. The van der Waals surface area contributed by atoms with E-state index in [-0.39, 0.29) is 12.4 Å². The van der Waals surface area contributed by atoms with Crippen molar-refractivity contribution in [2.24, 2.45) is 0 Å². The minimum atomic E-state index is -3.24. The summed E-state index contributed by atoms with van der Waals surface area (Å²) in [7, 11) is -3.24. The molecule has 0 saturated carbocycles. The van der Waals surface area contributed by atoms with Crippen LogP contribution in [0, 0.1) is 0 Å². The van der Waals surface area contributed by atoms with E-state index in [4.69, 9.17) is 9.47 Å². The third-order valence-electron chi connectivity index (χ3n) is 4.35. The Kier molecular flexibility index (Phi) is 11.9. The van der Waals surface area contributed by atoms with Gasteiger partial charge in [-0.25, -0.2) is 4.79 Å². The van der Waals surface area contributed by atoms with Gasteiger partial charge in [-0.2, -0.15) is 0 Å². The van der Waals surface area contributed by atoms with Gasteiger partial charge in [0.05, 0.1) is 6.61 Å². The Morgan fingerprint density at radius 2 is 1.79 bits per heavy atom. The first-order valence-corrected chi connectivity index (χ1v) is 12.3. The van der Waals surface area contributed by atoms with E-state index >= 15 is 0 Å². The Hall–Kier alpha value is -1.52. The zero-order chi connectivity index (χ0) is 20.8. The van der Waals surface area contributed by atoms with Gasteiger partial charge in [0.15, 0.2) is 6.35 Å². The van der Waals surface area contributed by atoms with Crippen molar-refractivity contribution >= 4 is 13.5 Å². The lowest BCUT2D eigenvalue weighted by Gasteiger charge is -2.15. The molecule has 0 aliphatic carbocycles. The molecule has 0 aliphatic rings. The average Bonchev–Trinajstić information content (AvgIpc) is 2.65. The van der Waals surface area contributed by atoms with Gasteiger partial charge in [0.2, 0.25) is 7.37 Å². The predicted molar refractivity (Wildman–Crippen MR) is 113 cm³/mol. The summed E-state index contributed by atoms with van der Waals surface area (Å²) in [5.41, 5.74) is 1.04. The summed E-state index contributed by atoms with van der Waals surface area (Å²) in [5, 5.41) is 2.81. The molecule has 6 nitrogen and oxygen atoms in total. The van der Waals surface area contributed by atoms with Crippen molar-refractivity contribution in [2.75, 3.05) is 19.1 Å². The normalized spacial score (nSPS) is 14.1. The molecule has 0 bridgehead atoms. The summed E-state index contributed by atoms with van der Waals surface area (Å²) >= 11 is 0. The second kappa shape index (κ2) is 13.6. The molecule has 160 valence electrons. The zero-order valence-corrected chi connectivity index (χ0v) is 18.4. The average molecular weight is 413 g/mol. The zero-order valence-electron chi connectivity index (χ0n) is 17.5. The molecule has 0 saturated heterocycles. The van der Waals surface area contributed by atoms with Gasteiger partial charge in [-0.3, -0.25) is 4.57 Å². The highest BCUT2D eigenvalue weighted by molar-refractivity contribution is 7.57. The van der Waals surface area contributed by atoms with Crippen molar-refractivity contribution in [2.45, 2.75) is 71.8 Å². The minimum absolute atomic E-state index is 0.0540. The fourth-order valence-corrected chi connectivity index (χ4v) is 3.90. The second-order valence-corrected chi connectivity index (χ2v) is 9.68. The van der Waals surface area contributed by atoms with E-state index in [0.717, 1.165) is 44.1 Å². The van der Waals surface area contributed by atoms with Crippen molar-refractivity contribution < 1.29 is 23.7 Å². The van der Waals surface area contributed by atoms with Crippen LogP contribution in [0.1, 0.15) is 64.9 Å². The maximum Gasteiger partial charge on any atom is 0.407 e. The molecule has 2 N–H and O–H groups in total. The van der Waals surface area contributed by atoms with Gasteiger partial charge >= 0.3 is 6.09 Å². The fourth-order valence-electron chi connectivity index (χ4n) is 2.70. The number of ether oxygens (including phenoxy) is 2. The molecule has 1 aromatic carbocycles. The lowest BCUT2D eigenvalue weighted by Crippen LogP contribution is -2.34. The van der Waals surface area contributed by atoms with Crippen LogP contribution in [0.2, 0.25) is 0 Å². The van der Waals surface area contributed by atoms with Crippen molar-refractivity contribution in [3.8, 4) is 5.75 Å². The third-order valence-corrected chi connectivity index (χ3v) is 5.90. The van der Waals surface area contributed by atoms with E-state index in [1.807, 2.05) is 26.0 Å². The van der Waals surface area contributed by atoms with Crippen LogP contribution >= 0.6 is 7.37 Å². The lowest BCUT2D eigenvalue weighted by atomic mass is 10.1. The summed E-state index contributed by atoms with van der Waals surface area (Å²) in [6.45, 7) is 6.52. The molecule has 2 atom stereocenters. The summed E-state index contributed by atoms with van der Waals surface area (Å²) in [5.74, 6) is 0.575. The highest BCUT2D eigenvalue weighted by Crippen LogP contribution is 2.41. The Bertz CT molecular complexity index is 605. The molecule has 1 rings (SSSR count). The number of carbonyl (C=O) groups excluding carboxylic acids is 1. The molecule has 1 unspecified atom stereocenters. The van der Waals surface area contributed by atoms with Gasteiger partial charge < -0.3 is 19.7 Å². The van der Waals surface area contributed by atoms with Gasteiger partial charge in [0.25, 0.3) is 0 Å². The van der Waals surface area contributed by atoms with Crippen LogP contribution in [0.25, 0.3) is 0 Å². The van der Waals surface area contributed by atoms with Crippen LogP contribution in [0.3, 0.4) is 0 Å². The van der Waals surface area contributed by atoms with Crippen molar-refractivity contribution in [3.05, 3.63) is 29.8 Å². The van der Waals surface area contributed by atoms with E-state index in [1.165, 1.54) is 0 Å². The molecular formula is C21H36NO5P. The smallest absolute Gasteiger partial charge is 0.407 e. The highest BCUT2D eigenvalue weighted by atomic mass is 31.2. The van der Waals surface area contributed by atoms with Gasteiger partial charge in [-0.15, -0.1) is 0 Å². The number of alkyl carbamates (subject to hydrolysis) is 1. The molecule has 1 amide bonds. The molecule has 0 heterocycles. The first-order chi connectivity index (χ1) is 13.4. The van der Waals surface area contributed by atoms with E-state index in [9.17, 15) is 14.3 Å². The Labute approximate surface area is 169 Å². The van der Waals surface area contributed by atoms with Gasteiger partial charge in [0.1, 0.15) is 5.75 Å². The summed E-state index contributed by atoms with van der Waals surface area (Å²) in [6, 6.07) is 7.33. The monoisotopic (exact) mass is 413 g/mol. The van der Waals surface area contributed by atoms with Crippen molar-refractivity contribution in [3.63, 3.8) is 0 Å². The number of hydrogen-bond acceptors (Lipinski definition) is 4. The SMILES string of the molecule is CCCCCCP(=O)(O)COc1ccc(C[C@@H](C)NC(=O)OCCCC)cc1. The number of hydrogen-bond donors (Lipinski definition) is 2. The first kappa shape index (κ1) is 24.5. The standard InChI is InChI=1S/C21H36NO5P/c1-4-6-8-9-15-28(24,25)17-27-20-12-10-19(11-13-20)16-18(3)22-21(23)26-14-7-5-2/h10-13,18H,4-9,14-17H2,1-3H3,(H,22,23)(H,24,25)/t18-/m1/s1. The van der Waals surface area contributed by atoms with Crippen molar-refractivity contribution in [1.29, 1.82) is 0 Å². The molecule has 28 heavy (non-hydrogen) atoms. The second-order valence-electron chi connectivity index (χ2n) is 7.29. The molecule has 7 heteroatoms. The van der Waals surface area contributed by atoms with Crippen LogP contribution < -0.4 is 10.1 Å². The van der Waals surface area contributed by atoms with Crippen molar-refractivity contribution in [1.82, 2.24) is 5.32 Å². The van der Waals surface area contributed by atoms with E-state index < -0.39 is 13.5 Å². The molecule has 0 radical (unpaired) electrons. The summed E-state index contributed by atoms with van der Waals surface area (Å²) in [6.07, 6.45) is 6.22. The summed E-state index contributed by atoms with van der Waals surface area (Å²) < 4.78 is 22.7. The van der Waals surface area contributed by atoms with Crippen LogP contribution in [0.5, 0.6) is 5.75 Å². The maximum atomic E-state index is 12.1. The number of benzene rings is 1. The summed E-state index contributed by atoms with van der Waals surface area (Å²) in [4.78, 5) is 21.6.